The van der Waals surface area contributed by atoms with Gasteiger partial charge in [0.1, 0.15) is 0 Å². The number of nitrogens with zero attached hydrogens (tertiary/aromatic N) is 2. The fourth-order valence-electron chi connectivity index (χ4n) is 7.31. The summed E-state index contributed by atoms with van der Waals surface area (Å²) in [7, 11) is -3.09. The molecule has 2 saturated carbocycles. The van der Waals surface area contributed by atoms with Gasteiger partial charge in [-0.2, -0.15) is 4.31 Å². The van der Waals surface area contributed by atoms with Crippen molar-refractivity contribution < 1.29 is 8.42 Å². The van der Waals surface area contributed by atoms with E-state index in [1.54, 1.807) is 0 Å². The van der Waals surface area contributed by atoms with Crippen molar-refractivity contribution in [3.05, 3.63) is 0 Å². The molecule has 6 heteroatoms. The lowest BCUT2D eigenvalue weighted by molar-refractivity contribution is 0.0131. The molecule has 3 fully saturated rings. The summed E-state index contributed by atoms with van der Waals surface area (Å²) in [6.07, 6.45) is 11.1. The third-order valence-electron chi connectivity index (χ3n) is 10.5. The summed E-state index contributed by atoms with van der Waals surface area (Å²) in [6, 6.07) is 0.345. The first-order valence-electron chi connectivity index (χ1n) is 13.6. The van der Waals surface area contributed by atoms with Crippen LogP contribution < -0.4 is 0 Å². The predicted octanol–water partition coefficient (Wildman–Crippen LogP) is 7.10. The van der Waals surface area contributed by atoms with Crippen LogP contribution >= 0.6 is 11.8 Å². The molecule has 0 amide bonds. The van der Waals surface area contributed by atoms with Crippen LogP contribution in [0, 0.1) is 28.6 Å². The Kier molecular flexibility index (Phi) is 7.17. The van der Waals surface area contributed by atoms with Crippen molar-refractivity contribution in [1.29, 1.82) is 0 Å². The molecule has 0 aromatic heterocycles. The number of hydrogen-bond acceptors (Lipinski definition) is 4. The number of sulfonamides is 1. The first-order chi connectivity index (χ1) is 15.4. The van der Waals surface area contributed by atoms with Crippen LogP contribution in [0.3, 0.4) is 0 Å². The Morgan fingerprint density at radius 2 is 1.79 bits per heavy atom. The van der Waals surface area contributed by atoms with Gasteiger partial charge < -0.3 is 0 Å². The van der Waals surface area contributed by atoms with Crippen molar-refractivity contribution in [2.24, 2.45) is 33.6 Å². The zero-order valence-electron chi connectivity index (χ0n) is 22.2. The van der Waals surface area contributed by atoms with Gasteiger partial charge >= 0.3 is 0 Å². The van der Waals surface area contributed by atoms with Gasteiger partial charge in [0.25, 0.3) is 0 Å². The fourth-order valence-corrected chi connectivity index (χ4v) is 11.1. The zero-order valence-corrected chi connectivity index (χ0v) is 23.8. The lowest BCUT2D eigenvalue weighted by atomic mass is 9.57. The van der Waals surface area contributed by atoms with Gasteiger partial charge in [0.05, 0.1) is 11.1 Å². The quantitative estimate of drug-likeness (QED) is 0.337. The molecule has 33 heavy (non-hydrogen) atoms. The highest BCUT2D eigenvalue weighted by molar-refractivity contribution is 8.14. The second-order valence-electron chi connectivity index (χ2n) is 12.8. The van der Waals surface area contributed by atoms with Gasteiger partial charge in [-0.05, 0) is 86.9 Å². The molecule has 190 valence electrons. The second-order valence-corrected chi connectivity index (χ2v) is 16.4. The van der Waals surface area contributed by atoms with Gasteiger partial charge in [-0.1, -0.05) is 54.4 Å². The Morgan fingerprint density at radius 1 is 1.09 bits per heavy atom. The van der Waals surface area contributed by atoms with E-state index in [0.717, 1.165) is 55.0 Å². The standard InChI is InChI=1S/C27H48N2O2S2/c1-8-25(4,5)21-13-12-20(22(17-21)26(6,7)9-2)11-10-16-29-27(33(29,30)31)15-14-23-24(18-27)32-19(3)28-23/h20-24H,8-18H2,1-7H3. The molecule has 7 unspecified atom stereocenters. The van der Waals surface area contributed by atoms with Crippen molar-refractivity contribution >= 4 is 26.8 Å². The monoisotopic (exact) mass is 496 g/mol. The van der Waals surface area contributed by atoms with Crippen LogP contribution in [0.1, 0.15) is 113 Å². The molecule has 1 saturated heterocycles. The Labute approximate surface area is 208 Å². The van der Waals surface area contributed by atoms with Gasteiger partial charge in [0.2, 0.25) is 10.0 Å². The van der Waals surface area contributed by atoms with Crippen molar-refractivity contribution in [2.75, 3.05) is 6.54 Å². The summed E-state index contributed by atoms with van der Waals surface area (Å²) < 4.78 is 28.0. The van der Waals surface area contributed by atoms with E-state index in [1.807, 2.05) is 16.1 Å². The molecule has 4 rings (SSSR count). The molecule has 2 aliphatic carbocycles. The van der Waals surface area contributed by atoms with Gasteiger partial charge in [0, 0.05) is 11.8 Å². The molecule has 4 aliphatic rings. The highest BCUT2D eigenvalue weighted by Gasteiger charge is 2.71. The first kappa shape index (κ1) is 26.0. The van der Waals surface area contributed by atoms with Crippen LogP contribution in [0.2, 0.25) is 0 Å². The van der Waals surface area contributed by atoms with Gasteiger partial charge in [-0.3, -0.25) is 4.99 Å². The van der Waals surface area contributed by atoms with E-state index in [-0.39, 0.29) is 0 Å². The van der Waals surface area contributed by atoms with Crippen LogP contribution in [0.5, 0.6) is 0 Å². The van der Waals surface area contributed by atoms with Crippen molar-refractivity contribution in [3.63, 3.8) is 0 Å². The minimum atomic E-state index is -3.09. The van der Waals surface area contributed by atoms with Gasteiger partial charge in [-0.25, -0.2) is 8.42 Å². The maximum atomic E-state index is 13.1. The van der Waals surface area contributed by atoms with Crippen molar-refractivity contribution in [1.82, 2.24) is 4.31 Å². The molecule has 0 aromatic rings. The summed E-state index contributed by atoms with van der Waals surface area (Å²) in [5.74, 6) is 2.30. The zero-order chi connectivity index (χ0) is 24.2. The second kappa shape index (κ2) is 9.10. The SMILES string of the molecule is CCC(C)(C)C1CCC(CCCN2C3(CCC4N=C(C)SC4C3)S2(=O)=O)C(C(C)(C)CC)C1. The Balaban J connectivity index is 1.37. The number of hydrogen-bond donors (Lipinski definition) is 0. The Morgan fingerprint density at radius 3 is 2.45 bits per heavy atom. The third-order valence-corrected chi connectivity index (χ3v) is 14.2. The smallest absolute Gasteiger partial charge is 0.235 e. The van der Waals surface area contributed by atoms with Crippen LogP contribution in [-0.2, 0) is 10.0 Å². The molecular weight excluding hydrogens is 448 g/mol. The fraction of sp³-hybridized carbons (Fsp3) is 0.963. The van der Waals surface area contributed by atoms with E-state index in [0.29, 0.717) is 22.1 Å². The summed E-state index contributed by atoms with van der Waals surface area (Å²) >= 11 is 1.81. The molecule has 4 nitrogen and oxygen atoms in total. The summed E-state index contributed by atoms with van der Waals surface area (Å²) in [4.78, 5) is 4.17. The molecular formula is C27H48N2O2S2. The van der Waals surface area contributed by atoms with Crippen LogP contribution in [0.25, 0.3) is 0 Å². The summed E-state index contributed by atoms with van der Waals surface area (Å²) in [5, 5.41) is 1.50. The van der Waals surface area contributed by atoms with E-state index in [1.165, 1.54) is 38.5 Å². The molecule has 0 aromatic carbocycles. The number of thioether (sulfide) groups is 1. The molecule has 0 bridgehead atoms. The van der Waals surface area contributed by atoms with E-state index in [4.69, 9.17) is 4.99 Å². The minimum Gasteiger partial charge on any atom is -0.279 e. The summed E-state index contributed by atoms with van der Waals surface area (Å²) in [6.45, 7) is 17.3. The topological polar surface area (TPSA) is 49.5 Å². The van der Waals surface area contributed by atoms with E-state index >= 15 is 0 Å². The molecule has 0 N–H and O–H groups in total. The maximum Gasteiger partial charge on any atom is 0.235 e. The van der Waals surface area contributed by atoms with Crippen LogP contribution in [-0.4, -0.2) is 40.5 Å². The maximum absolute atomic E-state index is 13.1. The van der Waals surface area contributed by atoms with Crippen molar-refractivity contribution in [3.8, 4) is 0 Å². The summed E-state index contributed by atoms with van der Waals surface area (Å²) in [5.41, 5.74) is 0.780. The molecule has 0 radical (unpaired) electrons. The molecule has 1 spiro atoms. The van der Waals surface area contributed by atoms with E-state index in [2.05, 4.69) is 48.5 Å². The average molecular weight is 497 g/mol. The molecule has 7 atom stereocenters. The molecule has 2 aliphatic heterocycles. The van der Waals surface area contributed by atoms with Crippen LogP contribution in [0.15, 0.2) is 4.99 Å². The Bertz CT molecular complexity index is 865. The minimum absolute atomic E-state index is 0.345. The third kappa shape index (κ3) is 4.59. The highest BCUT2D eigenvalue weighted by atomic mass is 32.2. The van der Waals surface area contributed by atoms with E-state index < -0.39 is 14.9 Å². The molecule has 2 heterocycles. The average Bonchev–Trinajstić information content (AvgIpc) is 3.02. The number of fused-ring (bicyclic) bond motifs is 1. The van der Waals surface area contributed by atoms with Gasteiger partial charge in [-0.15, -0.1) is 11.8 Å². The lowest BCUT2D eigenvalue weighted by Gasteiger charge is -2.49. The normalized spacial score (nSPS) is 40.5. The highest BCUT2D eigenvalue weighted by Crippen LogP contribution is 2.57. The van der Waals surface area contributed by atoms with Gasteiger partial charge in [0.15, 0.2) is 4.87 Å². The number of rotatable bonds is 8. The first-order valence-corrected chi connectivity index (χ1v) is 15.9. The largest absolute Gasteiger partial charge is 0.279 e. The number of aliphatic imine (C=N–C) groups is 1. The van der Waals surface area contributed by atoms with E-state index in [9.17, 15) is 8.42 Å². The Hall–Kier alpha value is -0.0700. The lowest BCUT2D eigenvalue weighted by Crippen LogP contribution is -2.40. The van der Waals surface area contributed by atoms with Crippen molar-refractivity contribution in [2.45, 2.75) is 129 Å². The predicted molar refractivity (Wildman–Crippen MR) is 142 cm³/mol. The van der Waals surface area contributed by atoms with Crippen LogP contribution in [0.4, 0.5) is 0 Å².